The number of amides is 1. The van der Waals surface area contributed by atoms with Crippen LogP contribution in [0.1, 0.15) is 5.76 Å². The number of halogens is 2. The van der Waals surface area contributed by atoms with E-state index in [1.807, 2.05) is 34.7 Å². The Bertz CT molecular complexity index is 610. The first kappa shape index (κ1) is 15.0. The number of furan rings is 1. The molecule has 0 aliphatic carbocycles. The third-order valence-corrected chi connectivity index (χ3v) is 3.27. The average molecular weight is 449 g/mol. The van der Waals surface area contributed by atoms with E-state index in [-0.39, 0.29) is 12.5 Å². The maximum absolute atomic E-state index is 11.5. The molecule has 7 heteroatoms. The van der Waals surface area contributed by atoms with Gasteiger partial charge in [0.05, 0.1) is 6.21 Å². The molecule has 0 radical (unpaired) electrons. The molecule has 0 unspecified atom stereocenters. The highest BCUT2D eigenvalue weighted by molar-refractivity contribution is 14.1. The molecular formula is C13H10BrIN2O3. The van der Waals surface area contributed by atoms with Crippen LogP contribution in [-0.2, 0) is 4.79 Å². The Balaban J connectivity index is 1.75. The predicted molar refractivity (Wildman–Crippen MR) is 86.8 cm³/mol. The van der Waals surface area contributed by atoms with E-state index >= 15 is 0 Å². The zero-order valence-corrected chi connectivity index (χ0v) is 13.9. The summed E-state index contributed by atoms with van der Waals surface area (Å²) in [5.41, 5.74) is 2.36. The summed E-state index contributed by atoms with van der Waals surface area (Å²) in [6, 6.07) is 10.8. The first-order valence-corrected chi connectivity index (χ1v) is 7.46. The fraction of sp³-hybridized carbons (Fsp3) is 0.0769. The molecule has 0 spiro atoms. The van der Waals surface area contributed by atoms with Crippen LogP contribution in [0.15, 0.2) is 50.4 Å². The third-order valence-electron chi connectivity index (χ3n) is 2.16. The quantitative estimate of drug-likeness (QED) is 0.434. The Morgan fingerprint density at radius 3 is 2.75 bits per heavy atom. The topological polar surface area (TPSA) is 63.8 Å². The summed E-state index contributed by atoms with van der Waals surface area (Å²) >= 11 is 5.37. The van der Waals surface area contributed by atoms with Crippen LogP contribution in [0.25, 0.3) is 0 Å². The minimum atomic E-state index is -0.342. The van der Waals surface area contributed by atoms with E-state index in [0.29, 0.717) is 11.5 Å². The van der Waals surface area contributed by atoms with Gasteiger partial charge in [0.15, 0.2) is 10.4 Å². The maximum atomic E-state index is 11.5. The molecule has 104 valence electrons. The van der Waals surface area contributed by atoms with Gasteiger partial charge >= 0.3 is 0 Å². The monoisotopic (exact) mass is 448 g/mol. The number of nitrogens with one attached hydrogen (secondary N) is 1. The number of hydrazone groups is 1. The van der Waals surface area contributed by atoms with Gasteiger partial charge in [0, 0.05) is 4.47 Å². The number of nitrogens with zero attached hydrogens (tertiary/aromatic N) is 1. The van der Waals surface area contributed by atoms with Crippen LogP contribution >= 0.6 is 38.5 Å². The Morgan fingerprint density at radius 2 is 2.10 bits per heavy atom. The van der Waals surface area contributed by atoms with Crippen molar-refractivity contribution in [1.82, 2.24) is 5.43 Å². The van der Waals surface area contributed by atoms with Crippen LogP contribution in [-0.4, -0.2) is 18.7 Å². The van der Waals surface area contributed by atoms with E-state index in [1.54, 1.807) is 24.3 Å². The highest BCUT2D eigenvalue weighted by Crippen LogP contribution is 2.15. The van der Waals surface area contributed by atoms with Crippen molar-refractivity contribution in [3.8, 4) is 5.75 Å². The third kappa shape index (κ3) is 4.97. The van der Waals surface area contributed by atoms with Gasteiger partial charge in [-0.25, -0.2) is 5.43 Å². The molecule has 2 rings (SSSR count). The lowest BCUT2D eigenvalue weighted by atomic mass is 10.3. The molecule has 20 heavy (non-hydrogen) atoms. The fourth-order valence-corrected chi connectivity index (χ4v) is 1.98. The molecule has 0 atom stereocenters. The Kier molecular flexibility index (Phi) is 5.60. The van der Waals surface area contributed by atoms with E-state index in [2.05, 4.69) is 26.5 Å². The molecule has 0 saturated carbocycles. The lowest BCUT2D eigenvalue weighted by Gasteiger charge is -2.04. The van der Waals surface area contributed by atoms with Crippen LogP contribution in [0.5, 0.6) is 5.75 Å². The summed E-state index contributed by atoms with van der Waals surface area (Å²) in [5.74, 6) is 0.849. The smallest absolute Gasteiger partial charge is 0.277 e. The molecule has 0 fully saturated rings. The highest BCUT2D eigenvalue weighted by atomic mass is 127. The Morgan fingerprint density at radius 1 is 1.35 bits per heavy atom. The van der Waals surface area contributed by atoms with Crippen molar-refractivity contribution in [2.24, 2.45) is 5.10 Å². The van der Waals surface area contributed by atoms with Gasteiger partial charge in [0.2, 0.25) is 0 Å². The van der Waals surface area contributed by atoms with E-state index in [1.165, 1.54) is 6.21 Å². The van der Waals surface area contributed by atoms with Crippen molar-refractivity contribution in [1.29, 1.82) is 0 Å². The number of carbonyl (C=O) groups is 1. The van der Waals surface area contributed by atoms with Gasteiger partial charge in [-0.3, -0.25) is 4.79 Å². The number of ether oxygens (including phenoxy) is 1. The first-order chi connectivity index (χ1) is 9.63. The van der Waals surface area contributed by atoms with Crippen LogP contribution in [0.3, 0.4) is 0 Å². The zero-order valence-electron chi connectivity index (χ0n) is 10.2. The van der Waals surface area contributed by atoms with Crippen molar-refractivity contribution in [2.45, 2.75) is 0 Å². The molecular weight excluding hydrogens is 439 g/mol. The van der Waals surface area contributed by atoms with Crippen molar-refractivity contribution in [2.75, 3.05) is 6.61 Å². The van der Waals surface area contributed by atoms with E-state index in [9.17, 15) is 4.79 Å². The van der Waals surface area contributed by atoms with Crippen molar-refractivity contribution in [3.05, 3.63) is 50.4 Å². The molecule has 1 amide bonds. The molecule has 0 bridgehead atoms. The molecule has 0 aliphatic heterocycles. The second-order valence-corrected chi connectivity index (χ2v) is 5.66. The van der Waals surface area contributed by atoms with Crippen molar-refractivity contribution in [3.63, 3.8) is 0 Å². The zero-order chi connectivity index (χ0) is 14.4. The van der Waals surface area contributed by atoms with Gasteiger partial charge in [-0.05, 0) is 59.0 Å². The fourth-order valence-electron chi connectivity index (χ4n) is 1.28. The van der Waals surface area contributed by atoms with Crippen LogP contribution in [0, 0.1) is 3.77 Å². The molecule has 1 aromatic heterocycles. The minimum absolute atomic E-state index is 0.103. The summed E-state index contributed by atoms with van der Waals surface area (Å²) in [6.45, 7) is -0.103. The van der Waals surface area contributed by atoms with Crippen LogP contribution < -0.4 is 10.2 Å². The first-order valence-electron chi connectivity index (χ1n) is 5.59. The van der Waals surface area contributed by atoms with Crippen LogP contribution in [0.4, 0.5) is 0 Å². The summed E-state index contributed by atoms with van der Waals surface area (Å²) in [7, 11) is 0. The molecule has 1 aromatic carbocycles. The molecule has 1 heterocycles. The Hall–Kier alpha value is -1.35. The standard InChI is InChI=1S/C13H10BrIN2O3/c14-9-1-3-10(4-2-9)19-8-13(18)17-16-7-11-5-6-12(15)20-11/h1-7H,8H2,(H,17,18)/b16-7+. The molecule has 2 aromatic rings. The van der Waals surface area contributed by atoms with Gasteiger partial charge < -0.3 is 9.15 Å². The van der Waals surface area contributed by atoms with E-state index < -0.39 is 0 Å². The minimum Gasteiger partial charge on any atom is -0.484 e. The SMILES string of the molecule is O=C(COc1ccc(Br)cc1)N/N=C/c1ccc(I)o1. The molecule has 1 N–H and O–H groups in total. The lowest BCUT2D eigenvalue weighted by Crippen LogP contribution is -2.24. The number of carbonyl (C=O) groups excluding carboxylic acids is 1. The summed E-state index contributed by atoms with van der Waals surface area (Å²) in [5, 5.41) is 3.77. The maximum Gasteiger partial charge on any atom is 0.277 e. The number of rotatable bonds is 5. The average Bonchev–Trinajstić information content (AvgIpc) is 2.84. The van der Waals surface area contributed by atoms with Crippen LogP contribution in [0.2, 0.25) is 0 Å². The normalized spacial score (nSPS) is 10.7. The predicted octanol–water partition coefficient (Wildman–Crippen LogP) is 3.18. The second kappa shape index (κ2) is 7.44. The van der Waals surface area contributed by atoms with Gasteiger partial charge in [-0.2, -0.15) is 5.10 Å². The molecule has 0 aliphatic rings. The summed E-state index contributed by atoms with van der Waals surface area (Å²) < 4.78 is 12.3. The molecule has 5 nitrogen and oxygen atoms in total. The summed E-state index contributed by atoms with van der Waals surface area (Å²) in [4.78, 5) is 11.5. The van der Waals surface area contributed by atoms with Crippen molar-refractivity contribution < 1.29 is 13.9 Å². The van der Waals surface area contributed by atoms with E-state index in [0.717, 1.165) is 8.24 Å². The van der Waals surface area contributed by atoms with Gasteiger partial charge in [-0.15, -0.1) is 0 Å². The number of hydrogen-bond donors (Lipinski definition) is 1. The van der Waals surface area contributed by atoms with Gasteiger partial charge in [-0.1, -0.05) is 15.9 Å². The largest absolute Gasteiger partial charge is 0.484 e. The Labute approximate surface area is 137 Å². The highest BCUT2D eigenvalue weighted by Gasteiger charge is 2.01. The van der Waals surface area contributed by atoms with Gasteiger partial charge in [0.1, 0.15) is 11.5 Å². The number of hydrogen-bond acceptors (Lipinski definition) is 4. The van der Waals surface area contributed by atoms with Crippen molar-refractivity contribution >= 4 is 50.6 Å². The van der Waals surface area contributed by atoms with Gasteiger partial charge in [0.25, 0.3) is 5.91 Å². The lowest BCUT2D eigenvalue weighted by molar-refractivity contribution is -0.123. The number of benzene rings is 1. The van der Waals surface area contributed by atoms with E-state index in [4.69, 9.17) is 9.15 Å². The summed E-state index contributed by atoms with van der Waals surface area (Å²) in [6.07, 6.45) is 1.43. The molecule has 0 saturated heterocycles. The second-order valence-electron chi connectivity index (χ2n) is 3.68.